The molecule has 0 radical (unpaired) electrons. The second-order valence-corrected chi connectivity index (χ2v) is 6.93. The average molecular weight is 311 g/mol. The van der Waals surface area contributed by atoms with Crippen molar-refractivity contribution in [1.29, 1.82) is 0 Å². The minimum atomic E-state index is 0.671. The van der Waals surface area contributed by atoms with Crippen LogP contribution < -0.4 is 5.32 Å². The van der Waals surface area contributed by atoms with Gasteiger partial charge in [-0.25, -0.2) is 0 Å². The van der Waals surface area contributed by atoms with E-state index in [0.717, 1.165) is 42.3 Å². The van der Waals surface area contributed by atoms with Crippen LogP contribution in [0.15, 0.2) is 0 Å². The van der Waals surface area contributed by atoms with Crippen molar-refractivity contribution < 1.29 is 0 Å². The summed E-state index contributed by atoms with van der Waals surface area (Å²) in [4.78, 5) is 2.49. The smallest absolute Gasteiger partial charge is 0.0863 e. The van der Waals surface area contributed by atoms with E-state index in [0.29, 0.717) is 6.04 Å². The number of hydrogen-bond acceptors (Lipinski definition) is 3. The van der Waals surface area contributed by atoms with Crippen LogP contribution in [0.25, 0.3) is 0 Å². The molecule has 2 saturated heterocycles. The van der Waals surface area contributed by atoms with Crippen molar-refractivity contribution in [2.45, 2.75) is 77.2 Å². The van der Waals surface area contributed by atoms with E-state index in [2.05, 4.69) is 40.9 Å². The molecule has 2 unspecified atom stereocenters. The lowest BCUT2D eigenvalue weighted by atomic mass is 9.98. The highest BCUT2D eigenvalue weighted by molar-refractivity contribution is 6.31. The Labute approximate surface area is 132 Å². The average Bonchev–Trinajstić information content (AvgIpc) is 2.99. The largest absolute Gasteiger partial charge is 0.311 e. The van der Waals surface area contributed by atoms with Gasteiger partial charge in [0.25, 0.3) is 0 Å². The van der Waals surface area contributed by atoms with E-state index in [4.69, 9.17) is 11.6 Å². The first kappa shape index (κ1) is 15.3. The summed E-state index contributed by atoms with van der Waals surface area (Å²) in [6, 6.07) is 2.13. The molecule has 2 aliphatic rings. The van der Waals surface area contributed by atoms with Crippen LogP contribution in [0, 0.1) is 0 Å². The van der Waals surface area contributed by atoms with Crippen LogP contribution in [0.2, 0.25) is 5.02 Å². The van der Waals surface area contributed by atoms with E-state index >= 15 is 0 Å². The molecule has 2 bridgehead atoms. The fourth-order valence-electron chi connectivity index (χ4n) is 3.92. The number of nitrogens with one attached hydrogen (secondary N) is 1. The summed E-state index contributed by atoms with van der Waals surface area (Å²) >= 11 is 6.54. The maximum absolute atomic E-state index is 6.54. The van der Waals surface area contributed by atoms with Crippen molar-refractivity contribution in [1.82, 2.24) is 20.0 Å². The van der Waals surface area contributed by atoms with Crippen molar-refractivity contribution in [3.63, 3.8) is 0 Å². The van der Waals surface area contributed by atoms with Crippen molar-refractivity contribution in [2.24, 2.45) is 0 Å². The number of aryl methyl sites for hydroxylation is 2. The van der Waals surface area contributed by atoms with E-state index < -0.39 is 0 Å². The van der Waals surface area contributed by atoms with Crippen LogP contribution in [0.4, 0.5) is 0 Å². The highest BCUT2D eigenvalue weighted by Gasteiger charge is 2.35. The second-order valence-electron chi connectivity index (χ2n) is 6.55. The molecule has 0 aliphatic carbocycles. The van der Waals surface area contributed by atoms with Crippen molar-refractivity contribution in [3.05, 3.63) is 16.4 Å². The van der Waals surface area contributed by atoms with Gasteiger partial charge in [-0.05, 0) is 46.1 Å². The van der Waals surface area contributed by atoms with E-state index in [-0.39, 0.29) is 0 Å². The molecule has 3 heterocycles. The highest BCUT2D eigenvalue weighted by atomic mass is 35.5. The van der Waals surface area contributed by atoms with Gasteiger partial charge in [0, 0.05) is 31.2 Å². The van der Waals surface area contributed by atoms with Gasteiger partial charge in [-0.1, -0.05) is 18.5 Å². The zero-order chi connectivity index (χ0) is 15.0. The van der Waals surface area contributed by atoms with Crippen LogP contribution in [0.1, 0.15) is 50.9 Å². The van der Waals surface area contributed by atoms with E-state index in [1.165, 1.54) is 31.4 Å². The van der Waals surface area contributed by atoms with Gasteiger partial charge in [0.05, 0.1) is 16.4 Å². The molecule has 0 amide bonds. The second kappa shape index (κ2) is 6.27. The van der Waals surface area contributed by atoms with Crippen LogP contribution in [-0.4, -0.2) is 39.9 Å². The van der Waals surface area contributed by atoms with E-state index in [1.54, 1.807) is 0 Å². The Morgan fingerprint density at radius 1 is 1.29 bits per heavy atom. The number of fused-ring (bicyclic) bond motifs is 2. The van der Waals surface area contributed by atoms with Crippen LogP contribution in [0.3, 0.4) is 0 Å². The normalized spacial score (nSPS) is 28.5. The molecular weight excluding hydrogens is 284 g/mol. The first-order valence-corrected chi connectivity index (χ1v) is 8.70. The number of piperidine rings is 1. The Balaban J connectivity index is 1.72. The topological polar surface area (TPSA) is 33.1 Å². The first-order chi connectivity index (χ1) is 10.1. The zero-order valence-corrected chi connectivity index (χ0v) is 14.2. The molecule has 2 aliphatic heterocycles. The van der Waals surface area contributed by atoms with Crippen LogP contribution in [-0.2, 0) is 19.5 Å². The standard InChI is InChI=1S/C16H27ClN4/c1-4-14-16(17)15(21(5-2)19-14)10-20(3)13-8-11-6-7-12(9-13)18-11/h11-13,18H,4-10H2,1-3H3. The third kappa shape index (κ3) is 2.99. The van der Waals surface area contributed by atoms with Crippen LogP contribution in [0.5, 0.6) is 0 Å². The minimum absolute atomic E-state index is 0.671. The Kier molecular flexibility index (Phi) is 4.57. The van der Waals surface area contributed by atoms with Gasteiger partial charge in [-0.15, -0.1) is 0 Å². The van der Waals surface area contributed by atoms with Crippen molar-refractivity contribution >= 4 is 11.6 Å². The van der Waals surface area contributed by atoms with Gasteiger partial charge in [-0.3, -0.25) is 9.58 Å². The number of hydrogen-bond donors (Lipinski definition) is 1. The molecule has 0 spiro atoms. The highest BCUT2D eigenvalue weighted by Crippen LogP contribution is 2.31. The van der Waals surface area contributed by atoms with Gasteiger partial charge in [0.1, 0.15) is 0 Å². The lowest BCUT2D eigenvalue weighted by Gasteiger charge is -2.35. The number of aromatic nitrogens is 2. The predicted molar refractivity (Wildman–Crippen MR) is 86.7 cm³/mol. The van der Waals surface area contributed by atoms with Gasteiger partial charge in [0.15, 0.2) is 0 Å². The molecule has 2 atom stereocenters. The fraction of sp³-hybridized carbons (Fsp3) is 0.812. The molecule has 118 valence electrons. The maximum atomic E-state index is 6.54. The summed E-state index contributed by atoms with van der Waals surface area (Å²) in [6.07, 6.45) is 6.14. The summed E-state index contributed by atoms with van der Waals surface area (Å²) in [5, 5.41) is 9.23. The summed E-state index contributed by atoms with van der Waals surface area (Å²) in [5.74, 6) is 0. The third-order valence-electron chi connectivity index (χ3n) is 5.16. The summed E-state index contributed by atoms with van der Waals surface area (Å²) < 4.78 is 2.08. The van der Waals surface area contributed by atoms with Gasteiger partial charge in [0.2, 0.25) is 0 Å². The lowest BCUT2D eigenvalue weighted by Crippen LogP contribution is -2.46. The van der Waals surface area contributed by atoms with Crippen molar-refractivity contribution in [2.75, 3.05) is 7.05 Å². The molecule has 3 rings (SSSR count). The molecule has 1 aromatic heterocycles. The Morgan fingerprint density at radius 3 is 2.52 bits per heavy atom. The van der Waals surface area contributed by atoms with Gasteiger partial charge < -0.3 is 5.32 Å². The predicted octanol–water partition coefficient (Wildman–Crippen LogP) is 2.83. The molecule has 4 nitrogen and oxygen atoms in total. The van der Waals surface area contributed by atoms with Gasteiger partial charge in [-0.2, -0.15) is 5.10 Å². The lowest BCUT2D eigenvalue weighted by molar-refractivity contribution is 0.162. The summed E-state index contributed by atoms with van der Waals surface area (Å²) in [7, 11) is 2.24. The molecule has 2 fully saturated rings. The number of rotatable bonds is 5. The molecule has 0 aromatic carbocycles. The van der Waals surface area contributed by atoms with Crippen molar-refractivity contribution in [3.8, 4) is 0 Å². The molecule has 5 heteroatoms. The molecule has 1 aromatic rings. The quantitative estimate of drug-likeness (QED) is 0.908. The Hall–Kier alpha value is -0.580. The summed E-state index contributed by atoms with van der Waals surface area (Å²) in [6.45, 7) is 6.05. The molecule has 21 heavy (non-hydrogen) atoms. The van der Waals surface area contributed by atoms with E-state index in [9.17, 15) is 0 Å². The Bertz CT molecular complexity index is 487. The maximum Gasteiger partial charge on any atom is 0.0863 e. The number of nitrogens with zero attached hydrogens (tertiary/aromatic N) is 3. The first-order valence-electron chi connectivity index (χ1n) is 8.32. The van der Waals surface area contributed by atoms with E-state index in [1.807, 2.05) is 0 Å². The Morgan fingerprint density at radius 2 is 1.95 bits per heavy atom. The fourth-order valence-corrected chi connectivity index (χ4v) is 4.25. The van der Waals surface area contributed by atoms with Gasteiger partial charge >= 0.3 is 0 Å². The zero-order valence-electron chi connectivity index (χ0n) is 13.4. The van der Waals surface area contributed by atoms with Crippen LogP contribution >= 0.6 is 11.6 Å². The third-order valence-corrected chi connectivity index (χ3v) is 5.60. The number of halogens is 1. The molecular formula is C16H27ClN4. The SMILES string of the molecule is CCc1nn(CC)c(CN(C)C2CC3CCC(C2)N3)c1Cl. The monoisotopic (exact) mass is 310 g/mol. The molecule has 1 N–H and O–H groups in total. The summed E-state index contributed by atoms with van der Waals surface area (Å²) in [5.41, 5.74) is 2.22. The minimum Gasteiger partial charge on any atom is -0.311 e. The molecule has 0 saturated carbocycles.